The van der Waals surface area contributed by atoms with E-state index in [1.807, 2.05) is 0 Å². The summed E-state index contributed by atoms with van der Waals surface area (Å²) in [6.45, 7) is 4.88. The van der Waals surface area contributed by atoms with Crippen molar-refractivity contribution in [1.82, 2.24) is 0 Å². The largest absolute Gasteiger partial charge is 0.462 e. The van der Waals surface area contributed by atoms with Gasteiger partial charge in [0.15, 0.2) is 0 Å². The van der Waals surface area contributed by atoms with Gasteiger partial charge in [0.1, 0.15) is 0 Å². The molecule has 0 bridgehead atoms. The number of ether oxygens (including phenoxy) is 1. The first-order valence-corrected chi connectivity index (χ1v) is 6.99. The quantitative estimate of drug-likeness (QED) is 0.706. The summed E-state index contributed by atoms with van der Waals surface area (Å²) < 4.78 is 5.39. The van der Waals surface area contributed by atoms with Gasteiger partial charge in [-0.15, -0.1) is 0 Å². The van der Waals surface area contributed by atoms with Crippen molar-refractivity contribution in [3.8, 4) is 0 Å². The average Bonchev–Trinajstić information content (AvgIpc) is 2.39. The number of carbonyl (C=O) groups is 1. The monoisotopic (exact) mass is 251 g/mol. The summed E-state index contributed by atoms with van der Waals surface area (Å²) >= 11 is 0. The van der Waals surface area contributed by atoms with E-state index in [0.717, 1.165) is 30.5 Å². The molecule has 102 valence electrons. The zero-order chi connectivity index (χ0) is 13.4. The van der Waals surface area contributed by atoms with Gasteiger partial charge < -0.3 is 10.5 Å². The first kappa shape index (κ1) is 14.8. The lowest BCUT2D eigenvalue weighted by Gasteiger charge is -2.16. The summed E-state index contributed by atoms with van der Waals surface area (Å²) in [5, 5.41) is 0. The molecule has 0 amide bonds. The van der Waals surface area contributed by atoms with E-state index in [1.165, 1.54) is 12.8 Å². The third-order valence-corrected chi connectivity index (χ3v) is 3.44. The van der Waals surface area contributed by atoms with E-state index in [2.05, 4.69) is 13.8 Å². The Balaban J connectivity index is 2.36. The van der Waals surface area contributed by atoms with Gasteiger partial charge in [0.25, 0.3) is 0 Å². The smallest absolute Gasteiger partial charge is 0.334 e. The maximum Gasteiger partial charge on any atom is 0.334 e. The number of esters is 1. The SMILES string of the molecule is CCCCC(CC)COC(=O)C1=CC=C(N)CC1. The number of carbonyl (C=O) groups excluding carboxylic acids is 1. The number of allylic oxidation sites excluding steroid dienone is 3. The molecule has 0 aromatic heterocycles. The molecular formula is C15H25NO2. The highest BCUT2D eigenvalue weighted by Crippen LogP contribution is 2.18. The third-order valence-electron chi connectivity index (χ3n) is 3.44. The molecule has 0 saturated heterocycles. The van der Waals surface area contributed by atoms with Gasteiger partial charge in [0, 0.05) is 11.3 Å². The lowest BCUT2D eigenvalue weighted by molar-refractivity contribution is -0.140. The number of hydrogen-bond acceptors (Lipinski definition) is 3. The summed E-state index contributed by atoms with van der Waals surface area (Å²) in [5.74, 6) is 0.326. The topological polar surface area (TPSA) is 52.3 Å². The van der Waals surface area contributed by atoms with Crippen LogP contribution in [-0.4, -0.2) is 12.6 Å². The third kappa shape index (κ3) is 4.94. The molecule has 0 saturated carbocycles. The minimum Gasteiger partial charge on any atom is -0.462 e. The van der Waals surface area contributed by atoms with Gasteiger partial charge in [-0.1, -0.05) is 39.2 Å². The van der Waals surface area contributed by atoms with Crippen LogP contribution >= 0.6 is 0 Å². The number of hydrogen-bond donors (Lipinski definition) is 1. The number of nitrogens with two attached hydrogens (primary N) is 1. The standard InChI is InChI=1S/C15H25NO2/c1-3-5-6-12(4-2)11-18-15(17)13-7-9-14(16)10-8-13/h7,9,12H,3-6,8,10-11,16H2,1-2H3. The van der Waals surface area contributed by atoms with E-state index in [9.17, 15) is 4.79 Å². The van der Waals surface area contributed by atoms with Crippen LogP contribution in [-0.2, 0) is 9.53 Å². The lowest BCUT2D eigenvalue weighted by atomic mass is 10.0. The number of unbranched alkanes of at least 4 members (excludes halogenated alkanes) is 1. The first-order chi connectivity index (χ1) is 8.67. The number of rotatable bonds is 7. The molecule has 0 spiro atoms. The molecule has 0 heterocycles. The van der Waals surface area contributed by atoms with Crippen LogP contribution in [0.2, 0.25) is 0 Å². The van der Waals surface area contributed by atoms with E-state index in [0.29, 0.717) is 18.9 Å². The second-order valence-corrected chi connectivity index (χ2v) is 4.95. The van der Waals surface area contributed by atoms with Crippen LogP contribution in [0.3, 0.4) is 0 Å². The maximum absolute atomic E-state index is 11.8. The molecular weight excluding hydrogens is 226 g/mol. The highest BCUT2D eigenvalue weighted by Gasteiger charge is 2.15. The van der Waals surface area contributed by atoms with E-state index < -0.39 is 0 Å². The van der Waals surface area contributed by atoms with Crippen molar-refractivity contribution < 1.29 is 9.53 Å². The molecule has 3 heteroatoms. The Morgan fingerprint density at radius 3 is 2.72 bits per heavy atom. The molecule has 1 aliphatic rings. The fourth-order valence-electron chi connectivity index (χ4n) is 2.01. The van der Waals surface area contributed by atoms with Crippen molar-refractivity contribution in [2.45, 2.75) is 52.4 Å². The average molecular weight is 251 g/mol. The summed E-state index contributed by atoms with van der Waals surface area (Å²) in [4.78, 5) is 11.8. The van der Waals surface area contributed by atoms with Gasteiger partial charge in [0.05, 0.1) is 6.61 Å². The Morgan fingerprint density at radius 2 is 2.17 bits per heavy atom. The van der Waals surface area contributed by atoms with Crippen LogP contribution in [0.1, 0.15) is 52.4 Å². The molecule has 0 fully saturated rings. The second-order valence-electron chi connectivity index (χ2n) is 4.95. The minimum absolute atomic E-state index is 0.173. The Kier molecular flexibility index (Phi) is 6.55. The van der Waals surface area contributed by atoms with Gasteiger partial charge in [-0.25, -0.2) is 4.79 Å². The summed E-state index contributed by atoms with van der Waals surface area (Å²) in [5.41, 5.74) is 7.24. The lowest BCUT2D eigenvalue weighted by Crippen LogP contribution is -2.16. The van der Waals surface area contributed by atoms with Crippen molar-refractivity contribution in [1.29, 1.82) is 0 Å². The molecule has 0 aromatic carbocycles. The Labute approximate surface area is 110 Å². The highest BCUT2D eigenvalue weighted by atomic mass is 16.5. The van der Waals surface area contributed by atoms with Crippen molar-refractivity contribution in [2.75, 3.05) is 6.61 Å². The predicted octanol–water partition coefficient (Wildman–Crippen LogP) is 3.31. The molecule has 1 aliphatic carbocycles. The van der Waals surface area contributed by atoms with Gasteiger partial charge in [0.2, 0.25) is 0 Å². The second kappa shape index (κ2) is 7.96. The van der Waals surface area contributed by atoms with Crippen LogP contribution in [0, 0.1) is 5.92 Å². The predicted molar refractivity (Wildman–Crippen MR) is 73.9 cm³/mol. The normalized spacial score (nSPS) is 16.8. The van der Waals surface area contributed by atoms with E-state index in [4.69, 9.17) is 10.5 Å². The van der Waals surface area contributed by atoms with Crippen LogP contribution in [0.15, 0.2) is 23.4 Å². The van der Waals surface area contributed by atoms with E-state index in [1.54, 1.807) is 12.2 Å². The highest BCUT2D eigenvalue weighted by molar-refractivity contribution is 5.89. The summed E-state index contributed by atoms with van der Waals surface area (Å²) in [6, 6.07) is 0. The van der Waals surface area contributed by atoms with Crippen LogP contribution in [0.5, 0.6) is 0 Å². The molecule has 2 N–H and O–H groups in total. The maximum atomic E-state index is 11.8. The zero-order valence-corrected chi connectivity index (χ0v) is 11.6. The van der Waals surface area contributed by atoms with E-state index >= 15 is 0 Å². The van der Waals surface area contributed by atoms with Crippen molar-refractivity contribution in [3.63, 3.8) is 0 Å². The molecule has 1 rings (SSSR count). The fourth-order valence-corrected chi connectivity index (χ4v) is 2.01. The van der Waals surface area contributed by atoms with Crippen LogP contribution < -0.4 is 5.73 Å². The Hall–Kier alpha value is -1.25. The Morgan fingerprint density at radius 1 is 1.39 bits per heavy atom. The molecule has 1 unspecified atom stereocenters. The fraction of sp³-hybridized carbons (Fsp3) is 0.667. The Bertz CT molecular complexity index is 331. The van der Waals surface area contributed by atoms with Crippen LogP contribution in [0.4, 0.5) is 0 Å². The van der Waals surface area contributed by atoms with Crippen LogP contribution in [0.25, 0.3) is 0 Å². The van der Waals surface area contributed by atoms with Crippen molar-refractivity contribution >= 4 is 5.97 Å². The molecule has 1 atom stereocenters. The zero-order valence-electron chi connectivity index (χ0n) is 11.6. The summed E-state index contributed by atoms with van der Waals surface area (Å²) in [6.07, 6.45) is 9.66. The molecule has 0 radical (unpaired) electrons. The van der Waals surface area contributed by atoms with Crippen molar-refractivity contribution in [2.24, 2.45) is 11.7 Å². The summed E-state index contributed by atoms with van der Waals surface area (Å²) in [7, 11) is 0. The molecule has 0 aliphatic heterocycles. The molecule has 3 nitrogen and oxygen atoms in total. The van der Waals surface area contributed by atoms with Gasteiger partial charge in [-0.3, -0.25) is 0 Å². The first-order valence-electron chi connectivity index (χ1n) is 6.99. The van der Waals surface area contributed by atoms with Gasteiger partial charge >= 0.3 is 5.97 Å². The molecule has 18 heavy (non-hydrogen) atoms. The van der Waals surface area contributed by atoms with Crippen molar-refractivity contribution in [3.05, 3.63) is 23.4 Å². The van der Waals surface area contributed by atoms with Gasteiger partial charge in [-0.2, -0.15) is 0 Å². The molecule has 0 aromatic rings. The van der Waals surface area contributed by atoms with Gasteiger partial charge in [-0.05, 0) is 31.3 Å². The van der Waals surface area contributed by atoms with E-state index in [-0.39, 0.29) is 5.97 Å². The minimum atomic E-state index is -0.173.